The Morgan fingerprint density at radius 1 is 1.12 bits per heavy atom. The van der Waals surface area contributed by atoms with E-state index >= 15 is 0 Å². The zero-order valence-corrected chi connectivity index (χ0v) is 26.5. The van der Waals surface area contributed by atoms with Crippen LogP contribution in [0.4, 0.5) is 10.2 Å². The Bertz CT molecular complexity index is 1860. The number of benzene rings is 1. The molecule has 2 atom stereocenters. The summed E-state index contributed by atoms with van der Waals surface area (Å²) in [6.07, 6.45) is 7.18. The van der Waals surface area contributed by atoms with Crippen molar-refractivity contribution < 1.29 is 17.3 Å². The van der Waals surface area contributed by atoms with Gasteiger partial charge in [0.1, 0.15) is 16.5 Å². The van der Waals surface area contributed by atoms with E-state index in [0.29, 0.717) is 34.4 Å². The smallest absolute Gasteiger partial charge is 0.269 e. The van der Waals surface area contributed by atoms with Gasteiger partial charge in [-0.1, -0.05) is 31.0 Å². The fourth-order valence-corrected chi connectivity index (χ4v) is 9.34. The van der Waals surface area contributed by atoms with Crippen molar-refractivity contribution in [2.24, 2.45) is 11.8 Å². The van der Waals surface area contributed by atoms with Gasteiger partial charge >= 0.3 is 0 Å². The molecule has 2 bridgehead atoms. The van der Waals surface area contributed by atoms with Crippen LogP contribution in [-0.4, -0.2) is 33.4 Å². The van der Waals surface area contributed by atoms with Gasteiger partial charge < -0.3 is 9.84 Å². The van der Waals surface area contributed by atoms with Crippen LogP contribution in [0.15, 0.2) is 58.9 Å². The van der Waals surface area contributed by atoms with E-state index in [1.807, 2.05) is 11.4 Å². The number of aromatic nitrogens is 4. The monoisotopic (exact) mass is 721 g/mol. The quantitative estimate of drug-likeness (QED) is 0.131. The molecule has 3 saturated carbocycles. The minimum Gasteiger partial charge on any atom is -0.366 e. The summed E-state index contributed by atoms with van der Waals surface area (Å²) in [4.78, 5) is 15.0. The third-order valence-corrected chi connectivity index (χ3v) is 12.0. The molecular weight excluding hydrogens is 695 g/mol. The minimum absolute atomic E-state index is 0.0399. The lowest BCUT2D eigenvalue weighted by molar-refractivity contribution is 0.157. The molecule has 8 rings (SSSR count). The molecule has 4 aromatic heterocycles. The van der Waals surface area contributed by atoms with Gasteiger partial charge in [0.25, 0.3) is 10.0 Å². The first-order chi connectivity index (χ1) is 19.9. The summed E-state index contributed by atoms with van der Waals surface area (Å²) in [6.45, 7) is 0.0356. The maximum atomic E-state index is 14.7. The maximum Gasteiger partial charge on any atom is 0.269 e. The number of anilines is 1. The molecule has 13 heteroatoms. The van der Waals surface area contributed by atoms with Gasteiger partial charge in [-0.05, 0) is 82.8 Å². The Morgan fingerprint density at radius 3 is 2.66 bits per heavy atom. The molecule has 4 heterocycles. The number of fused-ring (bicyclic) bond motifs is 5. The average molecular weight is 722 g/mol. The lowest BCUT2D eigenvalue weighted by atomic mass is 9.68. The number of nitrogens with one attached hydrogen (secondary N) is 1. The van der Waals surface area contributed by atoms with Crippen LogP contribution in [0.1, 0.15) is 37.8 Å². The fraction of sp³-hybridized carbons (Fsp3) is 0.321. The zero-order valence-electron chi connectivity index (χ0n) is 21.8. The molecule has 1 aromatic carbocycles. The predicted octanol–water partition coefficient (Wildman–Crippen LogP) is 7.53. The number of thiophene rings is 1. The van der Waals surface area contributed by atoms with Gasteiger partial charge in [-0.3, -0.25) is 0 Å². The summed E-state index contributed by atoms with van der Waals surface area (Å²) in [5, 5.41) is 6.97. The van der Waals surface area contributed by atoms with Crippen molar-refractivity contribution in [1.29, 1.82) is 0 Å². The molecule has 41 heavy (non-hydrogen) atoms. The zero-order chi connectivity index (χ0) is 28.1. The van der Waals surface area contributed by atoms with E-state index < -0.39 is 15.8 Å². The Labute approximate surface area is 255 Å². The topological polar surface area (TPSA) is 99.0 Å². The van der Waals surface area contributed by atoms with Crippen molar-refractivity contribution in [2.75, 3.05) is 5.32 Å². The van der Waals surface area contributed by atoms with Crippen LogP contribution in [0.3, 0.4) is 0 Å². The van der Waals surface area contributed by atoms with E-state index in [1.165, 1.54) is 59.2 Å². The molecule has 0 aliphatic heterocycles. The van der Waals surface area contributed by atoms with E-state index in [-0.39, 0.29) is 23.6 Å². The van der Waals surface area contributed by atoms with Crippen molar-refractivity contribution in [1.82, 2.24) is 18.9 Å². The summed E-state index contributed by atoms with van der Waals surface area (Å²) in [5.74, 6) is 1.81. The predicted molar refractivity (Wildman–Crippen MR) is 170 cm³/mol. The lowest BCUT2D eigenvalue weighted by Crippen LogP contribution is -2.40. The highest BCUT2D eigenvalue weighted by Crippen LogP contribution is 2.44. The van der Waals surface area contributed by atoms with Crippen LogP contribution in [0, 0.1) is 17.7 Å². The fourth-order valence-electron chi connectivity index (χ4n) is 6.40. The first-order valence-electron chi connectivity index (χ1n) is 13.4. The second-order valence-electron chi connectivity index (χ2n) is 10.6. The van der Waals surface area contributed by atoms with Gasteiger partial charge in [0.2, 0.25) is 0 Å². The number of nitrogens with zero attached hydrogens (tertiary/aromatic N) is 4. The normalized spacial score (nSPS) is 21.0. The van der Waals surface area contributed by atoms with E-state index in [0.717, 1.165) is 34.6 Å². The molecule has 212 valence electrons. The highest BCUT2D eigenvalue weighted by atomic mass is 127. The van der Waals surface area contributed by atoms with E-state index in [1.54, 1.807) is 18.2 Å². The molecule has 3 aliphatic rings. The largest absolute Gasteiger partial charge is 0.366 e. The van der Waals surface area contributed by atoms with Crippen molar-refractivity contribution >= 4 is 76.9 Å². The summed E-state index contributed by atoms with van der Waals surface area (Å²) >= 11 is 3.59. The highest BCUT2D eigenvalue weighted by Gasteiger charge is 2.36. The second-order valence-corrected chi connectivity index (χ2v) is 15.0. The second kappa shape index (κ2) is 11.1. The van der Waals surface area contributed by atoms with Crippen molar-refractivity contribution in [3.8, 4) is 11.4 Å². The van der Waals surface area contributed by atoms with Crippen LogP contribution in [0.5, 0.6) is 0 Å². The van der Waals surface area contributed by atoms with E-state index in [9.17, 15) is 12.8 Å². The van der Waals surface area contributed by atoms with Crippen LogP contribution >= 0.6 is 39.8 Å². The maximum absolute atomic E-state index is 14.7. The van der Waals surface area contributed by atoms with Gasteiger partial charge in [0.05, 0.1) is 40.8 Å². The van der Waals surface area contributed by atoms with Crippen LogP contribution < -0.4 is 5.32 Å². The Kier molecular flexibility index (Phi) is 7.47. The molecule has 0 radical (unpaired) electrons. The molecule has 0 amide bonds. The standard InChI is InChI=1S/C28H26FIN5O3PS2/c29-18-13-21-24(23(15-38-39-30)35(27(21)31-14-18)41(36,37)19-4-2-1-3-5-19)26-33-25(20-10-11-40-28(20)34-26)32-22-12-16-6-8-17(22)9-7-16/h1-5,10-11,13-14,16-17,22,39H,6-9,12,15H2,(H,32,33,34). The SMILES string of the molecule is O=S(=O)(c1ccccc1)n1c(COPI)c(-c2nc(NC3CC4CCC3CC4)c3ccsc3n2)c2cc(F)cnc21. The Hall–Kier alpha value is -2.25. The lowest BCUT2D eigenvalue weighted by Gasteiger charge is -2.42. The average Bonchev–Trinajstić information content (AvgIpc) is 3.60. The van der Waals surface area contributed by atoms with E-state index in [2.05, 4.69) is 32.3 Å². The van der Waals surface area contributed by atoms with Crippen molar-refractivity contribution in [3.05, 3.63) is 65.6 Å². The highest BCUT2D eigenvalue weighted by molar-refractivity contribution is 14.2. The first kappa shape index (κ1) is 27.6. The molecule has 8 nitrogen and oxygen atoms in total. The molecular formula is C28H26FIN5O3PS2. The molecule has 3 fully saturated rings. The molecule has 3 aliphatic carbocycles. The summed E-state index contributed by atoms with van der Waals surface area (Å²) in [5.41, 5.74) is 0.823. The number of halogens is 2. The van der Waals surface area contributed by atoms with Gasteiger partial charge in [-0.15, -0.1) is 11.3 Å². The summed E-state index contributed by atoms with van der Waals surface area (Å²) in [6, 6.07) is 11.8. The van der Waals surface area contributed by atoms with Crippen LogP contribution in [0.2, 0.25) is 0 Å². The van der Waals surface area contributed by atoms with Gasteiger partial charge in [-0.2, -0.15) is 0 Å². The summed E-state index contributed by atoms with van der Waals surface area (Å²) in [7, 11) is -4.11. The first-order valence-corrected chi connectivity index (χ1v) is 19.8. The third kappa shape index (κ3) is 4.95. The third-order valence-electron chi connectivity index (χ3n) is 8.29. The van der Waals surface area contributed by atoms with Crippen LogP contribution in [-0.2, 0) is 21.2 Å². The van der Waals surface area contributed by atoms with Gasteiger partial charge in [-0.25, -0.2) is 31.7 Å². The molecule has 0 spiro atoms. The van der Waals surface area contributed by atoms with Gasteiger partial charge in [0, 0.05) is 11.4 Å². The molecule has 0 saturated heterocycles. The molecule has 5 aromatic rings. The molecule has 2 unspecified atom stereocenters. The Balaban J connectivity index is 1.45. The number of rotatable bonds is 8. The number of hydrogen-bond acceptors (Lipinski definition) is 8. The van der Waals surface area contributed by atoms with Gasteiger partial charge in [0.15, 0.2) is 11.5 Å². The number of hydrogen-bond donors (Lipinski definition) is 1. The van der Waals surface area contributed by atoms with Crippen LogP contribution in [0.25, 0.3) is 32.6 Å². The minimum atomic E-state index is -4.11. The summed E-state index contributed by atoms with van der Waals surface area (Å²) < 4.78 is 49.8. The number of pyridine rings is 1. The van der Waals surface area contributed by atoms with Crippen molar-refractivity contribution in [3.63, 3.8) is 0 Å². The Morgan fingerprint density at radius 2 is 1.93 bits per heavy atom. The molecule has 1 N–H and O–H groups in total. The van der Waals surface area contributed by atoms with Crippen molar-refractivity contribution in [2.45, 2.75) is 49.6 Å². The van der Waals surface area contributed by atoms with E-state index in [4.69, 9.17) is 14.5 Å².